The minimum atomic E-state index is -0.107. The van der Waals surface area contributed by atoms with Gasteiger partial charge < -0.3 is 14.4 Å². The van der Waals surface area contributed by atoms with Crippen molar-refractivity contribution in [1.82, 2.24) is 4.57 Å². The average Bonchev–Trinajstić information content (AvgIpc) is 2.86. The number of nitrogens with zero attached hydrogens (tertiary/aromatic N) is 2. The maximum absolute atomic E-state index is 11.2. The maximum atomic E-state index is 11.2. The fourth-order valence-corrected chi connectivity index (χ4v) is 2.98. The third kappa shape index (κ3) is 2.73. The van der Waals surface area contributed by atoms with E-state index in [2.05, 4.69) is 5.18 Å². The van der Waals surface area contributed by atoms with E-state index < -0.39 is 0 Å². The van der Waals surface area contributed by atoms with Crippen molar-refractivity contribution >= 4 is 16.6 Å². The van der Waals surface area contributed by atoms with Gasteiger partial charge in [-0.3, -0.25) is 0 Å². The number of aromatic hydroxyl groups is 1. The van der Waals surface area contributed by atoms with Gasteiger partial charge in [0.15, 0.2) is 5.69 Å². The molecular formula is C19H20N2O3. The second-order valence-electron chi connectivity index (χ2n) is 6.00. The first-order valence-corrected chi connectivity index (χ1v) is 7.87. The van der Waals surface area contributed by atoms with Crippen LogP contribution < -0.4 is 4.74 Å². The van der Waals surface area contributed by atoms with Crippen LogP contribution in [-0.2, 0) is 6.54 Å². The van der Waals surface area contributed by atoms with Crippen LogP contribution in [0, 0.1) is 25.7 Å². The summed E-state index contributed by atoms with van der Waals surface area (Å²) in [5, 5.41) is 14.2. The molecule has 1 heterocycles. The molecule has 0 saturated heterocycles. The SMILES string of the molecule is Cc1ccc(OCCn2c(O)c(N=O)c3c(C)ccc(C)c32)cc1. The number of hydrogen-bond donors (Lipinski definition) is 1. The van der Waals surface area contributed by atoms with Crippen LogP contribution in [-0.4, -0.2) is 16.3 Å². The Labute approximate surface area is 140 Å². The lowest BCUT2D eigenvalue weighted by molar-refractivity contribution is 0.290. The van der Waals surface area contributed by atoms with E-state index in [-0.39, 0.29) is 11.6 Å². The third-order valence-electron chi connectivity index (χ3n) is 4.26. The number of hydrogen-bond acceptors (Lipinski definition) is 4. The van der Waals surface area contributed by atoms with E-state index in [4.69, 9.17) is 4.74 Å². The molecule has 124 valence electrons. The van der Waals surface area contributed by atoms with Crippen LogP contribution >= 0.6 is 0 Å². The molecule has 5 nitrogen and oxygen atoms in total. The van der Waals surface area contributed by atoms with Gasteiger partial charge in [0, 0.05) is 5.39 Å². The summed E-state index contributed by atoms with van der Waals surface area (Å²) in [6.45, 7) is 6.69. The molecule has 0 atom stereocenters. The molecule has 1 aromatic heterocycles. The Bertz CT molecular complexity index is 895. The van der Waals surface area contributed by atoms with Crippen molar-refractivity contribution in [3.63, 3.8) is 0 Å². The van der Waals surface area contributed by atoms with E-state index in [1.54, 1.807) is 4.57 Å². The highest BCUT2D eigenvalue weighted by Gasteiger charge is 2.20. The van der Waals surface area contributed by atoms with E-state index >= 15 is 0 Å². The molecule has 0 unspecified atom stereocenters. The third-order valence-corrected chi connectivity index (χ3v) is 4.26. The molecule has 5 heteroatoms. The van der Waals surface area contributed by atoms with Crippen molar-refractivity contribution in [3.8, 4) is 11.6 Å². The monoisotopic (exact) mass is 324 g/mol. The Morgan fingerprint density at radius 1 is 1.04 bits per heavy atom. The number of aryl methyl sites for hydroxylation is 3. The molecule has 3 aromatic rings. The number of rotatable bonds is 5. The fourth-order valence-electron chi connectivity index (χ4n) is 2.98. The quantitative estimate of drug-likeness (QED) is 0.689. The standard InChI is InChI=1S/C19H20N2O3/c1-12-4-8-15(9-5-12)24-11-10-21-18-14(3)7-6-13(2)16(18)17(20-23)19(21)22/h4-9,22H,10-11H2,1-3H3. The Kier molecular flexibility index (Phi) is 4.25. The first kappa shape index (κ1) is 16.1. The topological polar surface area (TPSA) is 63.8 Å². The van der Waals surface area contributed by atoms with E-state index in [9.17, 15) is 10.0 Å². The van der Waals surface area contributed by atoms with Crippen LogP contribution in [0.2, 0.25) is 0 Å². The average molecular weight is 324 g/mol. The first-order chi connectivity index (χ1) is 11.5. The van der Waals surface area contributed by atoms with Gasteiger partial charge in [0.25, 0.3) is 0 Å². The van der Waals surface area contributed by atoms with Crippen molar-refractivity contribution in [3.05, 3.63) is 58.0 Å². The van der Waals surface area contributed by atoms with E-state index in [1.807, 2.05) is 57.2 Å². The molecule has 3 rings (SSSR count). The molecule has 0 spiro atoms. The highest BCUT2D eigenvalue weighted by Crippen LogP contribution is 2.41. The van der Waals surface area contributed by atoms with Gasteiger partial charge in [0.05, 0.1) is 12.1 Å². The molecule has 0 saturated carbocycles. The maximum Gasteiger partial charge on any atom is 0.222 e. The normalized spacial score (nSPS) is 11.0. The highest BCUT2D eigenvalue weighted by molar-refractivity contribution is 5.99. The van der Waals surface area contributed by atoms with Gasteiger partial charge in [0.1, 0.15) is 12.4 Å². The van der Waals surface area contributed by atoms with Crippen LogP contribution in [0.1, 0.15) is 16.7 Å². The van der Waals surface area contributed by atoms with Crippen LogP contribution in [0.4, 0.5) is 5.69 Å². The molecule has 0 aliphatic carbocycles. The molecule has 2 aromatic carbocycles. The zero-order chi connectivity index (χ0) is 17.3. The van der Waals surface area contributed by atoms with Crippen LogP contribution in [0.3, 0.4) is 0 Å². The van der Waals surface area contributed by atoms with Gasteiger partial charge in [-0.1, -0.05) is 29.8 Å². The van der Waals surface area contributed by atoms with Gasteiger partial charge in [-0.15, -0.1) is 4.91 Å². The molecule has 0 bridgehead atoms. The lowest BCUT2D eigenvalue weighted by Crippen LogP contribution is -2.08. The number of fused-ring (bicyclic) bond motifs is 1. The van der Waals surface area contributed by atoms with E-state index in [0.717, 1.165) is 22.4 Å². The van der Waals surface area contributed by atoms with Crippen molar-refractivity contribution in [2.45, 2.75) is 27.3 Å². The summed E-state index contributed by atoms with van der Waals surface area (Å²) in [5.41, 5.74) is 4.00. The highest BCUT2D eigenvalue weighted by atomic mass is 16.5. The Morgan fingerprint density at radius 3 is 2.38 bits per heavy atom. The van der Waals surface area contributed by atoms with Gasteiger partial charge in [-0.2, -0.15) is 0 Å². The lowest BCUT2D eigenvalue weighted by Gasteiger charge is -2.11. The van der Waals surface area contributed by atoms with Crippen molar-refractivity contribution in [2.24, 2.45) is 5.18 Å². The minimum absolute atomic E-state index is 0.0986. The molecule has 0 aliphatic rings. The zero-order valence-corrected chi connectivity index (χ0v) is 14.0. The van der Waals surface area contributed by atoms with E-state index in [0.29, 0.717) is 18.5 Å². The number of aromatic nitrogens is 1. The van der Waals surface area contributed by atoms with Crippen molar-refractivity contribution in [1.29, 1.82) is 0 Å². The second kappa shape index (κ2) is 6.35. The predicted molar refractivity (Wildman–Crippen MR) is 95.2 cm³/mol. The summed E-state index contributed by atoms with van der Waals surface area (Å²) in [5.74, 6) is 0.670. The number of ether oxygens (including phenoxy) is 1. The molecule has 0 aliphatic heterocycles. The number of nitroso groups, excluding NO2 is 1. The van der Waals surface area contributed by atoms with Crippen molar-refractivity contribution < 1.29 is 9.84 Å². The van der Waals surface area contributed by atoms with Gasteiger partial charge in [0.2, 0.25) is 5.88 Å². The predicted octanol–water partition coefficient (Wildman–Crippen LogP) is 4.75. The summed E-state index contributed by atoms with van der Waals surface area (Å²) < 4.78 is 7.44. The molecule has 1 N–H and O–H groups in total. The van der Waals surface area contributed by atoms with Gasteiger partial charge in [-0.05, 0) is 49.2 Å². The Balaban J connectivity index is 1.91. The molecule has 24 heavy (non-hydrogen) atoms. The van der Waals surface area contributed by atoms with Crippen LogP contribution in [0.25, 0.3) is 10.9 Å². The Hall–Kier alpha value is -2.82. The van der Waals surface area contributed by atoms with Crippen LogP contribution in [0.15, 0.2) is 41.6 Å². The lowest BCUT2D eigenvalue weighted by atomic mass is 10.1. The van der Waals surface area contributed by atoms with Crippen LogP contribution in [0.5, 0.6) is 11.6 Å². The minimum Gasteiger partial charge on any atom is -0.493 e. The van der Waals surface area contributed by atoms with E-state index in [1.165, 1.54) is 5.56 Å². The molecule has 0 radical (unpaired) electrons. The van der Waals surface area contributed by atoms with Gasteiger partial charge >= 0.3 is 0 Å². The molecule has 0 amide bonds. The van der Waals surface area contributed by atoms with Gasteiger partial charge in [-0.25, -0.2) is 0 Å². The molecule has 0 fully saturated rings. The summed E-state index contributed by atoms with van der Waals surface area (Å²) >= 11 is 0. The van der Waals surface area contributed by atoms with Crippen molar-refractivity contribution in [2.75, 3.05) is 6.61 Å². The largest absolute Gasteiger partial charge is 0.493 e. The summed E-state index contributed by atoms with van der Waals surface area (Å²) in [4.78, 5) is 11.2. The summed E-state index contributed by atoms with van der Waals surface area (Å²) in [6.07, 6.45) is 0. The summed E-state index contributed by atoms with van der Waals surface area (Å²) in [7, 11) is 0. The molecular weight excluding hydrogens is 304 g/mol. The second-order valence-corrected chi connectivity index (χ2v) is 6.00. The fraction of sp³-hybridized carbons (Fsp3) is 0.263. The number of benzene rings is 2. The first-order valence-electron chi connectivity index (χ1n) is 7.87. The zero-order valence-electron chi connectivity index (χ0n) is 14.0. The smallest absolute Gasteiger partial charge is 0.222 e. The Morgan fingerprint density at radius 2 is 1.71 bits per heavy atom. The summed E-state index contributed by atoms with van der Waals surface area (Å²) in [6, 6.07) is 11.7.